The molecular weight excluding hydrogens is 443 g/mol. The monoisotopic (exact) mass is 457 g/mol. The fourth-order valence-electron chi connectivity index (χ4n) is 3.33. The van der Waals surface area contributed by atoms with E-state index in [0.717, 1.165) is 28.2 Å². The Hall–Kier alpha value is -3.64. The number of nitrogens with zero attached hydrogens (tertiary/aromatic N) is 5. The van der Waals surface area contributed by atoms with Crippen LogP contribution in [0.3, 0.4) is 0 Å². The van der Waals surface area contributed by atoms with Crippen LogP contribution in [0.1, 0.15) is 34.0 Å². The number of aromatic nitrogens is 4. The van der Waals surface area contributed by atoms with Crippen LogP contribution in [0, 0.1) is 25.2 Å². The van der Waals surface area contributed by atoms with Gasteiger partial charge in [0.1, 0.15) is 6.07 Å². The molecule has 4 rings (SSSR count). The molecule has 0 saturated carbocycles. The number of rotatable bonds is 4. The first-order valence-electron chi connectivity index (χ1n) is 9.42. The molecule has 2 aromatic heterocycles. The summed E-state index contributed by atoms with van der Waals surface area (Å²) in [5.74, 6) is -1.57. The van der Waals surface area contributed by atoms with Crippen LogP contribution in [0.15, 0.2) is 46.9 Å². The number of hydrogen-bond acceptors (Lipinski definition) is 5. The first kappa shape index (κ1) is 21.6. The van der Waals surface area contributed by atoms with E-state index in [0.29, 0.717) is 22.6 Å². The fourth-order valence-corrected chi connectivity index (χ4v) is 3.55. The van der Waals surface area contributed by atoms with Gasteiger partial charge in [-0.15, -0.1) is 10.2 Å². The van der Waals surface area contributed by atoms with E-state index in [1.165, 1.54) is 0 Å². The molecule has 0 aliphatic carbocycles. The first-order chi connectivity index (χ1) is 15.2. The highest BCUT2D eigenvalue weighted by Gasteiger charge is 2.38. The molecule has 4 aromatic rings. The molecule has 0 unspecified atom stereocenters. The molecular formula is C22H15ClF3N5O. The highest BCUT2D eigenvalue weighted by Crippen LogP contribution is 2.31. The lowest BCUT2D eigenvalue weighted by atomic mass is 10.0. The SMILES string of the molecule is Cc1nn(-c2ccc(C#N)c(Cl)c2)c(C)c1Cc1ccc(-c2nnc(C(F)(F)F)o2)cc1. The van der Waals surface area contributed by atoms with Gasteiger partial charge in [-0.3, -0.25) is 0 Å². The van der Waals surface area contributed by atoms with Crippen molar-refractivity contribution in [3.63, 3.8) is 0 Å². The van der Waals surface area contributed by atoms with Gasteiger partial charge in [0.05, 0.1) is 22.0 Å². The van der Waals surface area contributed by atoms with Gasteiger partial charge >= 0.3 is 12.1 Å². The van der Waals surface area contributed by atoms with Crippen LogP contribution in [-0.4, -0.2) is 20.0 Å². The molecule has 10 heteroatoms. The predicted molar refractivity (Wildman–Crippen MR) is 110 cm³/mol. The van der Waals surface area contributed by atoms with Crippen LogP contribution in [0.4, 0.5) is 13.2 Å². The topological polar surface area (TPSA) is 80.5 Å². The summed E-state index contributed by atoms with van der Waals surface area (Å²) >= 11 is 6.16. The minimum Gasteiger partial charge on any atom is -0.413 e. The molecule has 0 aliphatic heterocycles. The maximum atomic E-state index is 12.7. The van der Waals surface area contributed by atoms with Crippen LogP contribution in [0.5, 0.6) is 0 Å². The molecule has 0 aliphatic rings. The molecule has 2 heterocycles. The Morgan fingerprint density at radius 2 is 1.81 bits per heavy atom. The lowest BCUT2D eigenvalue weighted by Gasteiger charge is -2.07. The number of halogens is 4. The van der Waals surface area contributed by atoms with Crippen molar-refractivity contribution in [1.82, 2.24) is 20.0 Å². The Kier molecular flexibility index (Phi) is 5.48. The average Bonchev–Trinajstić information content (AvgIpc) is 3.35. The van der Waals surface area contributed by atoms with Crippen molar-refractivity contribution < 1.29 is 17.6 Å². The average molecular weight is 458 g/mol. The largest absolute Gasteiger partial charge is 0.470 e. The summed E-state index contributed by atoms with van der Waals surface area (Å²) in [6.45, 7) is 3.84. The lowest BCUT2D eigenvalue weighted by Crippen LogP contribution is -2.04. The predicted octanol–water partition coefficient (Wildman–Crippen LogP) is 5.67. The van der Waals surface area contributed by atoms with Crippen molar-refractivity contribution in [1.29, 1.82) is 5.26 Å². The summed E-state index contributed by atoms with van der Waals surface area (Å²) in [5, 5.41) is 20.5. The third-order valence-corrected chi connectivity index (χ3v) is 5.32. The van der Waals surface area contributed by atoms with E-state index in [1.807, 2.05) is 19.9 Å². The van der Waals surface area contributed by atoms with Gasteiger partial charge in [0, 0.05) is 23.2 Å². The van der Waals surface area contributed by atoms with E-state index in [1.54, 1.807) is 47.1 Å². The van der Waals surface area contributed by atoms with Crippen LogP contribution >= 0.6 is 11.6 Å². The second-order valence-electron chi connectivity index (χ2n) is 7.12. The minimum atomic E-state index is -4.68. The lowest BCUT2D eigenvalue weighted by molar-refractivity contribution is -0.156. The summed E-state index contributed by atoms with van der Waals surface area (Å²) in [4.78, 5) is 0. The summed E-state index contributed by atoms with van der Waals surface area (Å²) in [7, 11) is 0. The molecule has 0 saturated heterocycles. The molecule has 162 valence electrons. The zero-order valence-electron chi connectivity index (χ0n) is 16.9. The van der Waals surface area contributed by atoms with Crippen LogP contribution in [-0.2, 0) is 12.6 Å². The summed E-state index contributed by atoms with van der Waals surface area (Å²) in [6.07, 6.45) is -4.11. The second-order valence-corrected chi connectivity index (χ2v) is 7.53. The third-order valence-electron chi connectivity index (χ3n) is 5.01. The van der Waals surface area contributed by atoms with E-state index in [4.69, 9.17) is 21.3 Å². The van der Waals surface area contributed by atoms with Gasteiger partial charge in [-0.25, -0.2) is 4.68 Å². The zero-order chi connectivity index (χ0) is 23.0. The molecule has 0 amide bonds. The standard InChI is InChI=1S/C22H15ClF3N5O/c1-12-18(13(2)31(30-12)17-8-7-16(11-27)19(23)10-17)9-14-3-5-15(6-4-14)20-28-29-21(32-20)22(24,25)26/h3-8,10H,9H2,1-2H3. The Morgan fingerprint density at radius 3 is 2.41 bits per heavy atom. The van der Waals surface area contributed by atoms with Crippen molar-refractivity contribution in [3.8, 4) is 23.2 Å². The maximum absolute atomic E-state index is 12.7. The van der Waals surface area contributed by atoms with Crippen LogP contribution in [0.2, 0.25) is 5.02 Å². The van der Waals surface area contributed by atoms with Crippen LogP contribution < -0.4 is 0 Å². The van der Waals surface area contributed by atoms with Crippen molar-refractivity contribution in [2.75, 3.05) is 0 Å². The molecule has 2 aromatic carbocycles. The molecule has 0 fully saturated rings. The Bertz CT molecular complexity index is 1330. The summed E-state index contributed by atoms with van der Waals surface area (Å²) < 4.78 is 44.5. The van der Waals surface area contributed by atoms with E-state index in [2.05, 4.69) is 15.3 Å². The number of hydrogen-bond donors (Lipinski definition) is 0. The Balaban J connectivity index is 1.58. The molecule has 6 nitrogen and oxygen atoms in total. The van der Waals surface area contributed by atoms with Gasteiger partial charge in [0.25, 0.3) is 0 Å². The normalized spacial score (nSPS) is 11.5. The molecule has 0 spiro atoms. The molecule has 0 atom stereocenters. The molecule has 0 N–H and O–H groups in total. The van der Waals surface area contributed by atoms with Gasteiger partial charge in [-0.1, -0.05) is 23.7 Å². The Labute approximate surface area is 185 Å². The number of benzene rings is 2. The molecule has 0 bridgehead atoms. The van der Waals surface area contributed by atoms with Crippen molar-refractivity contribution in [2.45, 2.75) is 26.4 Å². The summed E-state index contributed by atoms with van der Waals surface area (Å²) in [6, 6.07) is 14.0. The van der Waals surface area contributed by atoms with Crippen molar-refractivity contribution >= 4 is 11.6 Å². The fraction of sp³-hybridized carbons (Fsp3) is 0.182. The van der Waals surface area contributed by atoms with E-state index in [9.17, 15) is 13.2 Å². The molecule has 0 radical (unpaired) electrons. The number of nitriles is 1. The van der Waals surface area contributed by atoms with E-state index < -0.39 is 12.1 Å². The van der Waals surface area contributed by atoms with E-state index in [-0.39, 0.29) is 5.89 Å². The summed E-state index contributed by atoms with van der Waals surface area (Å²) in [5.41, 5.74) is 5.23. The van der Waals surface area contributed by atoms with E-state index >= 15 is 0 Å². The van der Waals surface area contributed by atoms with Crippen molar-refractivity contribution in [2.24, 2.45) is 0 Å². The maximum Gasteiger partial charge on any atom is 0.470 e. The highest BCUT2D eigenvalue weighted by atomic mass is 35.5. The first-order valence-corrected chi connectivity index (χ1v) is 9.80. The third kappa shape index (κ3) is 4.09. The van der Waals surface area contributed by atoms with Gasteiger partial charge in [0.15, 0.2) is 0 Å². The number of alkyl halides is 3. The smallest absolute Gasteiger partial charge is 0.413 e. The second kappa shape index (κ2) is 8.13. The highest BCUT2D eigenvalue weighted by molar-refractivity contribution is 6.31. The quantitative estimate of drug-likeness (QED) is 0.394. The van der Waals surface area contributed by atoms with Gasteiger partial charge < -0.3 is 4.42 Å². The number of aryl methyl sites for hydroxylation is 1. The minimum absolute atomic E-state index is 0.193. The van der Waals surface area contributed by atoms with Gasteiger partial charge in [-0.05, 0) is 49.7 Å². The van der Waals surface area contributed by atoms with Crippen LogP contribution in [0.25, 0.3) is 17.1 Å². The van der Waals surface area contributed by atoms with Crippen molar-refractivity contribution in [3.05, 3.63) is 81.5 Å². The van der Waals surface area contributed by atoms with Gasteiger partial charge in [0.2, 0.25) is 5.89 Å². The van der Waals surface area contributed by atoms with Gasteiger partial charge in [-0.2, -0.15) is 23.5 Å². The zero-order valence-corrected chi connectivity index (χ0v) is 17.7. The molecule has 32 heavy (non-hydrogen) atoms. The Morgan fingerprint density at radius 1 is 1.09 bits per heavy atom.